The Morgan fingerprint density at radius 1 is 1.33 bits per heavy atom. The van der Waals surface area contributed by atoms with Crippen LogP contribution in [-0.2, 0) is 24.0 Å². The molecule has 3 rings (SSSR count). The summed E-state index contributed by atoms with van der Waals surface area (Å²) in [6.45, 7) is 3.93. The Labute approximate surface area is 155 Å². The number of fused-ring (bicyclic) bond motifs is 1. The molecule has 27 heavy (non-hydrogen) atoms. The lowest BCUT2D eigenvalue weighted by Crippen LogP contribution is -2.26. The number of halogens is 3. The first kappa shape index (κ1) is 18.6. The van der Waals surface area contributed by atoms with Crippen molar-refractivity contribution in [2.75, 3.05) is 11.4 Å². The summed E-state index contributed by atoms with van der Waals surface area (Å²) >= 11 is 0. The Morgan fingerprint density at radius 3 is 2.78 bits per heavy atom. The van der Waals surface area contributed by atoms with Crippen LogP contribution in [0.1, 0.15) is 22.3 Å². The summed E-state index contributed by atoms with van der Waals surface area (Å²) < 4.78 is 44.8. The first-order chi connectivity index (χ1) is 12.8. The number of carbonyl (C=O) groups is 1. The summed E-state index contributed by atoms with van der Waals surface area (Å²) in [4.78, 5) is 13.5. The number of alkyl halides is 3. The largest absolute Gasteiger partial charge is 0.489 e. The third-order valence-corrected chi connectivity index (χ3v) is 4.31. The summed E-state index contributed by atoms with van der Waals surface area (Å²) in [5, 5.41) is 0. The van der Waals surface area contributed by atoms with E-state index in [0.717, 1.165) is 23.4 Å². The minimum atomic E-state index is -4.48. The highest BCUT2D eigenvalue weighted by molar-refractivity contribution is 6.02. The van der Waals surface area contributed by atoms with Crippen LogP contribution in [0.15, 0.2) is 49.1 Å². The van der Waals surface area contributed by atoms with Crippen LogP contribution in [0.5, 0.6) is 5.75 Å². The maximum absolute atomic E-state index is 13.0. The Balaban J connectivity index is 1.85. The van der Waals surface area contributed by atoms with Crippen LogP contribution in [0, 0.1) is 12.3 Å². The summed E-state index contributed by atoms with van der Waals surface area (Å²) in [5.41, 5.74) is 1.23. The number of rotatable bonds is 4. The molecule has 3 nitrogen and oxygen atoms in total. The molecule has 0 radical (unpaired) electrons. The molecule has 1 aliphatic rings. The Morgan fingerprint density at radius 2 is 2.11 bits per heavy atom. The maximum Gasteiger partial charge on any atom is 0.416 e. The average Bonchev–Trinajstić information content (AvgIpc) is 3.09. The molecule has 0 saturated heterocycles. The summed E-state index contributed by atoms with van der Waals surface area (Å²) in [5.74, 6) is 2.56. The number of nitrogens with zero attached hydrogens (tertiary/aromatic N) is 1. The topological polar surface area (TPSA) is 29.5 Å². The van der Waals surface area contributed by atoms with Gasteiger partial charge in [-0.2, -0.15) is 13.2 Å². The minimum absolute atomic E-state index is 0.0650. The Kier molecular flexibility index (Phi) is 4.95. The lowest BCUT2D eigenvalue weighted by atomic mass is 10.1. The van der Waals surface area contributed by atoms with Crippen LogP contribution < -0.4 is 9.64 Å². The van der Waals surface area contributed by atoms with Gasteiger partial charge in [0.1, 0.15) is 12.4 Å². The zero-order valence-electron chi connectivity index (χ0n) is 14.3. The van der Waals surface area contributed by atoms with Gasteiger partial charge in [-0.3, -0.25) is 4.79 Å². The predicted molar refractivity (Wildman–Crippen MR) is 96.4 cm³/mol. The molecule has 0 atom stereocenters. The molecule has 138 valence electrons. The van der Waals surface area contributed by atoms with Gasteiger partial charge in [0.2, 0.25) is 5.91 Å². The van der Waals surface area contributed by atoms with Crippen LogP contribution in [0.3, 0.4) is 0 Å². The highest BCUT2D eigenvalue weighted by Crippen LogP contribution is 2.36. The summed E-state index contributed by atoms with van der Waals surface area (Å²) in [6.07, 6.45) is 2.62. The highest BCUT2D eigenvalue weighted by atomic mass is 19.4. The van der Waals surface area contributed by atoms with Crippen molar-refractivity contribution in [2.45, 2.75) is 19.2 Å². The maximum atomic E-state index is 13.0. The molecule has 0 saturated carbocycles. The quantitative estimate of drug-likeness (QED) is 0.591. The number of terminal acetylenes is 1. The van der Waals surface area contributed by atoms with Crippen LogP contribution in [0.4, 0.5) is 18.9 Å². The fourth-order valence-electron chi connectivity index (χ4n) is 3.06. The van der Waals surface area contributed by atoms with Gasteiger partial charge in [-0.05, 0) is 48.4 Å². The number of anilines is 1. The summed E-state index contributed by atoms with van der Waals surface area (Å²) in [6, 6.07) is 8.72. The number of hydrogen-bond donors (Lipinski definition) is 0. The number of carbonyl (C=O) groups excluding carboxylic acids is 1. The summed E-state index contributed by atoms with van der Waals surface area (Å²) in [7, 11) is 0. The van der Waals surface area contributed by atoms with E-state index < -0.39 is 11.7 Å². The first-order valence-electron chi connectivity index (χ1n) is 8.20. The second kappa shape index (κ2) is 7.20. The second-order valence-electron chi connectivity index (χ2n) is 6.05. The molecular formula is C21H16F3NO2. The molecule has 6 heteroatoms. The normalized spacial score (nSPS) is 13.0. The van der Waals surface area contributed by atoms with Crippen molar-refractivity contribution < 1.29 is 22.7 Å². The Hall–Kier alpha value is -3.20. The van der Waals surface area contributed by atoms with Crippen molar-refractivity contribution in [3.63, 3.8) is 0 Å². The first-order valence-corrected chi connectivity index (χ1v) is 8.20. The third kappa shape index (κ3) is 3.82. The second-order valence-corrected chi connectivity index (χ2v) is 6.05. The highest BCUT2D eigenvalue weighted by Gasteiger charge is 2.31. The molecule has 0 unspecified atom stereocenters. The molecule has 1 amide bonds. The van der Waals surface area contributed by atoms with Crippen molar-refractivity contribution in [1.82, 2.24) is 0 Å². The van der Waals surface area contributed by atoms with E-state index in [2.05, 4.69) is 12.5 Å². The molecule has 1 aliphatic heterocycles. The molecule has 1 heterocycles. The van der Waals surface area contributed by atoms with E-state index in [1.165, 1.54) is 12.1 Å². The van der Waals surface area contributed by atoms with Gasteiger partial charge in [0.05, 0.1) is 11.3 Å². The SMILES string of the molecule is C#Cc1cc(COc2cccc3c2CCN3C(=O)C=C)cc(C(F)(F)F)c1. The van der Waals surface area contributed by atoms with E-state index in [0.29, 0.717) is 24.3 Å². The van der Waals surface area contributed by atoms with Crippen LogP contribution in [-0.4, -0.2) is 12.5 Å². The van der Waals surface area contributed by atoms with Crippen molar-refractivity contribution in [2.24, 2.45) is 0 Å². The number of benzene rings is 2. The van der Waals surface area contributed by atoms with Crippen molar-refractivity contribution in [3.8, 4) is 18.1 Å². The third-order valence-electron chi connectivity index (χ3n) is 4.31. The number of hydrogen-bond acceptors (Lipinski definition) is 2. The van der Waals surface area contributed by atoms with E-state index in [4.69, 9.17) is 11.2 Å². The monoisotopic (exact) mass is 371 g/mol. The molecule has 0 aliphatic carbocycles. The van der Waals surface area contributed by atoms with Gasteiger partial charge < -0.3 is 9.64 Å². The van der Waals surface area contributed by atoms with E-state index in [1.54, 1.807) is 23.1 Å². The van der Waals surface area contributed by atoms with E-state index in [-0.39, 0.29) is 18.1 Å². The van der Waals surface area contributed by atoms with Crippen LogP contribution in [0.2, 0.25) is 0 Å². The van der Waals surface area contributed by atoms with E-state index in [1.807, 2.05) is 0 Å². The Bertz CT molecular complexity index is 941. The molecule has 0 bridgehead atoms. The fourth-order valence-corrected chi connectivity index (χ4v) is 3.06. The zero-order chi connectivity index (χ0) is 19.6. The molecule has 0 N–H and O–H groups in total. The molecule has 2 aromatic carbocycles. The van der Waals surface area contributed by atoms with Crippen LogP contribution >= 0.6 is 0 Å². The van der Waals surface area contributed by atoms with Gasteiger partial charge in [0.25, 0.3) is 0 Å². The van der Waals surface area contributed by atoms with Gasteiger partial charge in [0, 0.05) is 17.7 Å². The van der Waals surface area contributed by atoms with Crippen molar-refractivity contribution in [3.05, 3.63) is 71.3 Å². The van der Waals surface area contributed by atoms with Gasteiger partial charge in [-0.1, -0.05) is 18.6 Å². The smallest absolute Gasteiger partial charge is 0.416 e. The number of ether oxygens (including phenoxy) is 1. The molecule has 0 spiro atoms. The van der Waals surface area contributed by atoms with Gasteiger partial charge >= 0.3 is 6.18 Å². The average molecular weight is 371 g/mol. The van der Waals surface area contributed by atoms with Gasteiger partial charge in [-0.25, -0.2) is 0 Å². The standard InChI is InChI=1S/C21H16F3NO2/c1-3-14-10-15(12-16(11-14)21(22,23)24)13-27-19-7-5-6-18-17(19)8-9-25(18)20(26)4-2/h1,4-7,10-12H,2,8-9,13H2. The molecule has 0 fully saturated rings. The zero-order valence-corrected chi connectivity index (χ0v) is 14.3. The molecular weight excluding hydrogens is 355 g/mol. The molecule has 0 aromatic heterocycles. The predicted octanol–water partition coefficient (Wildman–Crippen LogP) is 4.34. The van der Waals surface area contributed by atoms with Gasteiger partial charge in [-0.15, -0.1) is 6.42 Å². The van der Waals surface area contributed by atoms with Crippen molar-refractivity contribution >= 4 is 11.6 Å². The van der Waals surface area contributed by atoms with E-state index >= 15 is 0 Å². The van der Waals surface area contributed by atoms with Crippen LogP contribution in [0.25, 0.3) is 0 Å². The van der Waals surface area contributed by atoms with Gasteiger partial charge in [0.15, 0.2) is 0 Å². The lowest BCUT2D eigenvalue weighted by Gasteiger charge is -2.16. The van der Waals surface area contributed by atoms with Crippen molar-refractivity contribution in [1.29, 1.82) is 0 Å². The lowest BCUT2D eigenvalue weighted by molar-refractivity contribution is -0.137. The fraction of sp³-hybridized carbons (Fsp3) is 0.190. The number of amides is 1. The molecule has 2 aromatic rings. The minimum Gasteiger partial charge on any atom is -0.489 e. The van der Waals surface area contributed by atoms with E-state index in [9.17, 15) is 18.0 Å².